The summed E-state index contributed by atoms with van der Waals surface area (Å²) in [4.78, 5) is 12.2. The van der Waals surface area contributed by atoms with Crippen molar-refractivity contribution in [1.82, 2.24) is 0 Å². The summed E-state index contributed by atoms with van der Waals surface area (Å²) in [6, 6.07) is 2.24. The monoisotopic (exact) mass is 256 g/mol. The number of methoxy groups -OCH3 is 1. The van der Waals surface area contributed by atoms with E-state index in [2.05, 4.69) is 19.9 Å². The highest BCUT2D eigenvalue weighted by molar-refractivity contribution is 6.05. The maximum atomic E-state index is 12.2. The Kier molecular flexibility index (Phi) is 2.96. The number of fused-ring (bicyclic) bond motifs is 2. The summed E-state index contributed by atoms with van der Waals surface area (Å²) in [5, 5.41) is 0. The largest absolute Gasteiger partial charge is 0.496 e. The Morgan fingerprint density at radius 1 is 1.05 bits per heavy atom. The molecule has 0 radical (unpaired) electrons. The van der Waals surface area contributed by atoms with E-state index in [9.17, 15) is 4.79 Å². The second-order valence-corrected chi connectivity index (χ2v) is 5.62. The zero-order chi connectivity index (χ0) is 13.6. The van der Waals surface area contributed by atoms with Gasteiger partial charge in [0, 0.05) is 12.0 Å². The molecule has 0 aromatic heterocycles. The van der Waals surface area contributed by atoms with Crippen molar-refractivity contribution in [1.29, 1.82) is 0 Å². The third kappa shape index (κ3) is 1.81. The van der Waals surface area contributed by atoms with Gasteiger partial charge in [-0.2, -0.15) is 0 Å². The van der Waals surface area contributed by atoms with Gasteiger partial charge in [-0.1, -0.05) is 6.07 Å². The number of benzene rings is 1. The molecule has 0 unspecified atom stereocenters. The van der Waals surface area contributed by atoms with Crippen LogP contribution in [0.15, 0.2) is 11.6 Å². The Morgan fingerprint density at radius 2 is 1.79 bits per heavy atom. The lowest BCUT2D eigenvalue weighted by Crippen LogP contribution is -2.01. The number of ether oxygens (including phenoxy) is 1. The van der Waals surface area contributed by atoms with Gasteiger partial charge in [0.2, 0.25) is 0 Å². The highest BCUT2D eigenvalue weighted by atomic mass is 16.5. The molecule has 2 heteroatoms. The van der Waals surface area contributed by atoms with Crippen molar-refractivity contribution >= 4 is 11.4 Å². The molecule has 0 spiro atoms. The van der Waals surface area contributed by atoms with Crippen molar-refractivity contribution in [2.45, 2.75) is 46.0 Å². The molecule has 0 heterocycles. The van der Waals surface area contributed by atoms with Crippen LogP contribution in [0.4, 0.5) is 0 Å². The number of aryl methyl sites for hydroxylation is 2. The van der Waals surface area contributed by atoms with Gasteiger partial charge >= 0.3 is 0 Å². The van der Waals surface area contributed by atoms with Crippen molar-refractivity contribution in [3.63, 3.8) is 0 Å². The first-order chi connectivity index (χ1) is 9.13. The number of carbonyl (C=O) groups is 1. The van der Waals surface area contributed by atoms with Crippen LogP contribution in [0, 0.1) is 13.8 Å². The molecule has 0 fully saturated rings. The van der Waals surface area contributed by atoms with Gasteiger partial charge in [0.15, 0.2) is 5.78 Å². The molecule has 2 aliphatic rings. The summed E-state index contributed by atoms with van der Waals surface area (Å²) in [6.07, 6.45) is 4.57. The van der Waals surface area contributed by atoms with Gasteiger partial charge in [0.25, 0.3) is 0 Å². The standard InChI is InChI=1S/C17H20O2/c1-10-9-12-7-8-15(18)13-5-4-6-14(13)16(12)17(19-3)11(10)2/h9H,4-8H2,1-3H3. The van der Waals surface area contributed by atoms with Crippen LogP contribution in [-0.4, -0.2) is 12.9 Å². The van der Waals surface area contributed by atoms with Crippen LogP contribution in [0.3, 0.4) is 0 Å². The quantitative estimate of drug-likeness (QED) is 0.764. The summed E-state index contributed by atoms with van der Waals surface area (Å²) in [5.41, 5.74) is 7.31. The number of allylic oxidation sites excluding steroid dienone is 2. The Hall–Kier alpha value is -1.57. The van der Waals surface area contributed by atoms with Gasteiger partial charge in [0.1, 0.15) is 5.75 Å². The lowest BCUT2D eigenvalue weighted by Gasteiger charge is -2.18. The number of Topliss-reactive ketones (excluding diaryl/α,β-unsaturated/α-hetero) is 1. The minimum atomic E-state index is 0.348. The molecule has 0 bridgehead atoms. The van der Waals surface area contributed by atoms with E-state index in [0.717, 1.165) is 37.0 Å². The topological polar surface area (TPSA) is 26.3 Å². The molecule has 0 saturated carbocycles. The van der Waals surface area contributed by atoms with Crippen molar-refractivity contribution < 1.29 is 9.53 Å². The number of hydrogen-bond acceptors (Lipinski definition) is 2. The summed E-state index contributed by atoms with van der Waals surface area (Å²) in [7, 11) is 1.74. The molecule has 0 N–H and O–H groups in total. The zero-order valence-corrected chi connectivity index (χ0v) is 11.9. The molecule has 2 nitrogen and oxygen atoms in total. The Balaban J connectivity index is 2.32. The Labute approximate surface area is 114 Å². The molecular weight excluding hydrogens is 236 g/mol. The van der Waals surface area contributed by atoms with E-state index in [-0.39, 0.29) is 0 Å². The van der Waals surface area contributed by atoms with Crippen LogP contribution in [0.1, 0.15) is 47.9 Å². The van der Waals surface area contributed by atoms with E-state index in [1.807, 2.05) is 0 Å². The molecule has 1 aromatic rings. The Bertz CT molecular complexity index is 594. The summed E-state index contributed by atoms with van der Waals surface area (Å²) in [6.45, 7) is 4.23. The van der Waals surface area contributed by atoms with Crippen LogP contribution in [0.5, 0.6) is 5.75 Å². The zero-order valence-electron chi connectivity index (χ0n) is 11.9. The van der Waals surface area contributed by atoms with E-state index in [1.54, 1.807) is 7.11 Å². The smallest absolute Gasteiger partial charge is 0.159 e. The first-order valence-electron chi connectivity index (χ1n) is 7.06. The summed E-state index contributed by atoms with van der Waals surface area (Å²) < 4.78 is 5.68. The van der Waals surface area contributed by atoms with Crippen molar-refractivity contribution in [3.05, 3.63) is 33.9 Å². The summed E-state index contributed by atoms with van der Waals surface area (Å²) in [5.74, 6) is 1.33. The average molecular weight is 256 g/mol. The Morgan fingerprint density at radius 3 is 2.53 bits per heavy atom. The van der Waals surface area contributed by atoms with Crippen molar-refractivity contribution in [2.24, 2.45) is 0 Å². The fourth-order valence-corrected chi connectivity index (χ4v) is 3.46. The average Bonchev–Trinajstić information content (AvgIpc) is 2.83. The van der Waals surface area contributed by atoms with Gasteiger partial charge in [-0.15, -0.1) is 0 Å². The SMILES string of the molecule is COc1c(C)c(C)cc2c1C1=C(CCC1)C(=O)CC2. The van der Waals surface area contributed by atoms with Crippen molar-refractivity contribution in [2.75, 3.05) is 7.11 Å². The highest BCUT2D eigenvalue weighted by Crippen LogP contribution is 2.45. The van der Waals surface area contributed by atoms with Crippen LogP contribution in [-0.2, 0) is 11.2 Å². The van der Waals surface area contributed by atoms with Gasteiger partial charge in [-0.25, -0.2) is 0 Å². The van der Waals surface area contributed by atoms with Crippen LogP contribution < -0.4 is 4.74 Å². The predicted octanol–water partition coefficient (Wildman–Crippen LogP) is 3.76. The van der Waals surface area contributed by atoms with Gasteiger partial charge in [0.05, 0.1) is 7.11 Å². The lowest BCUT2D eigenvalue weighted by molar-refractivity contribution is -0.115. The second kappa shape index (κ2) is 4.52. The third-order valence-electron chi connectivity index (χ3n) is 4.55. The molecule has 19 heavy (non-hydrogen) atoms. The van der Waals surface area contributed by atoms with Gasteiger partial charge in [-0.05, 0) is 67.4 Å². The number of carbonyl (C=O) groups excluding carboxylic acids is 1. The first kappa shape index (κ1) is 12.5. The van der Waals surface area contributed by atoms with E-state index < -0.39 is 0 Å². The van der Waals surface area contributed by atoms with E-state index in [1.165, 1.54) is 27.8 Å². The first-order valence-corrected chi connectivity index (χ1v) is 7.06. The molecule has 0 amide bonds. The second-order valence-electron chi connectivity index (χ2n) is 5.62. The normalized spacial score (nSPS) is 18.2. The molecular formula is C17H20O2. The minimum Gasteiger partial charge on any atom is -0.496 e. The molecule has 0 aliphatic heterocycles. The van der Waals surface area contributed by atoms with Crippen molar-refractivity contribution in [3.8, 4) is 5.75 Å². The van der Waals surface area contributed by atoms with Gasteiger partial charge < -0.3 is 4.74 Å². The predicted molar refractivity (Wildman–Crippen MR) is 76.6 cm³/mol. The fourth-order valence-electron chi connectivity index (χ4n) is 3.46. The molecule has 2 aliphatic carbocycles. The number of ketones is 1. The molecule has 1 aromatic carbocycles. The fraction of sp³-hybridized carbons (Fsp3) is 0.471. The lowest BCUT2D eigenvalue weighted by atomic mass is 9.91. The summed E-state index contributed by atoms with van der Waals surface area (Å²) >= 11 is 0. The molecule has 3 rings (SSSR count). The maximum absolute atomic E-state index is 12.2. The number of hydrogen-bond donors (Lipinski definition) is 0. The van der Waals surface area contributed by atoms with E-state index in [4.69, 9.17) is 4.74 Å². The molecule has 100 valence electrons. The number of rotatable bonds is 1. The van der Waals surface area contributed by atoms with Crippen LogP contribution in [0.25, 0.3) is 5.57 Å². The van der Waals surface area contributed by atoms with E-state index in [0.29, 0.717) is 12.2 Å². The highest BCUT2D eigenvalue weighted by Gasteiger charge is 2.29. The third-order valence-corrected chi connectivity index (χ3v) is 4.55. The van der Waals surface area contributed by atoms with E-state index >= 15 is 0 Å². The van der Waals surface area contributed by atoms with Crippen LogP contribution >= 0.6 is 0 Å². The minimum absolute atomic E-state index is 0.348. The maximum Gasteiger partial charge on any atom is 0.159 e. The molecule has 0 saturated heterocycles. The molecule has 0 atom stereocenters. The van der Waals surface area contributed by atoms with Gasteiger partial charge in [-0.3, -0.25) is 4.79 Å². The van der Waals surface area contributed by atoms with Crippen LogP contribution in [0.2, 0.25) is 0 Å².